The van der Waals surface area contributed by atoms with E-state index in [-0.39, 0.29) is 30.6 Å². The number of rotatable bonds is 5. The van der Waals surface area contributed by atoms with E-state index in [4.69, 9.17) is 28.7 Å². The molecule has 1 aliphatic carbocycles. The molecule has 4 heterocycles. The van der Waals surface area contributed by atoms with Crippen LogP contribution in [0.4, 0.5) is 0 Å². The lowest BCUT2D eigenvalue weighted by Gasteiger charge is -2.50. The van der Waals surface area contributed by atoms with E-state index < -0.39 is 35.2 Å². The van der Waals surface area contributed by atoms with E-state index in [0.717, 1.165) is 25.7 Å². The summed E-state index contributed by atoms with van der Waals surface area (Å²) in [5, 5.41) is 0. The molecule has 0 amide bonds. The molecule has 1 saturated carbocycles. The molecule has 30 heavy (non-hydrogen) atoms. The molecule has 5 aliphatic rings. The van der Waals surface area contributed by atoms with Crippen molar-refractivity contribution in [2.75, 3.05) is 13.2 Å². The Kier molecular flexibility index (Phi) is 5.50. The van der Waals surface area contributed by atoms with E-state index in [1.165, 1.54) is 0 Å². The SMILES string of the molecule is CCOC(=O)C(=C[C@@]1(C)O[C@@H]2O[C@]3(C)CCC4[C@H](C)CC[C@@H]1[C@]42OO3)C(=O)OCC. The Hall–Kier alpha value is -1.48. The Morgan fingerprint density at radius 2 is 1.67 bits per heavy atom. The van der Waals surface area contributed by atoms with Crippen LogP contribution in [0.2, 0.25) is 0 Å². The molecule has 5 rings (SSSR count). The first-order valence-corrected chi connectivity index (χ1v) is 11.0. The van der Waals surface area contributed by atoms with Crippen LogP contribution in [0.25, 0.3) is 0 Å². The molecule has 8 nitrogen and oxygen atoms in total. The number of ether oxygens (including phenoxy) is 4. The molecule has 4 aliphatic heterocycles. The van der Waals surface area contributed by atoms with Crippen LogP contribution >= 0.6 is 0 Å². The molecule has 8 heteroatoms. The van der Waals surface area contributed by atoms with Gasteiger partial charge in [0.15, 0.2) is 11.9 Å². The van der Waals surface area contributed by atoms with E-state index in [2.05, 4.69) is 6.92 Å². The first-order chi connectivity index (χ1) is 14.2. The van der Waals surface area contributed by atoms with E-state index in [0.29, 0.717) is 5.92 Å². The fraction of sp³-hybridized carbons (Fsp3) is 0.818. The van der Waals surface area contributed by atoms with Gasteiger partial charge in [0.2, 0.25) is 5.79 Å². The Labute approximate surface area is 177 Å². The van der Waals surface area contributed by atoms with Crippen LogP contribution in [0.3, 0.4) is 0 Å². The van der Waals surface area contributed by atoms with Crippen molar-refractivity contribution in [3.63, 3.8) is 0 Å². The van der Waals surface area contributed by atoms with E-state index in [9.17, 15) is 9.59 Å². The summed E-state index contributed by atoms with van der Waals surface area (Å²) < 4.78 is 22.9. The smallest absolute Gasteiger partial charge is 0.345 e. The van der Waals surface area contributed by atoms with Gasteiger partial charge in [-0.05, 0) is 64.9 Å². The first kappa shape index (κ1) is 21.7. The number of carbonyl (C=O) groups excluding carboxylic acids is 2. The van der Waals surface area contributed by atoms with Gasteiger partial charge >= 0.3 is 11.9 Å². The van der Waals surface area contributed by atoms with Gasteiger partial charge in [0.25, 0.3) is 0 Å². The maximum absolute atomic E-state index is 12.6. The summed E-state index contributed by atoms with van der Waals surface area (Å²) in [7, 11) is 0. The van der Waals surface area contributed by atoms with Crippen LogP contribution in [-0.2, 0) is 38.3 Å². The summed E-state index contributed by atoms with van der Waals surface area (Å²) >= 11 is 0. The van der Waals surface area contributed by atoms with Crippen LogP contribution in [0.15, 0.2) is 11.6 Å². The maximum Gasteiger partial charge on any atom is 0.345 e. The molecular weight excluding hydrogens is 392 g/mol. The highest BCUT2D eigenvalue weighted by molar-refractivity contribution is 6.14. The van der Waals surface area contributed by atoms with Crippen LogP contribution in [0, 0.1) is 17.8 Å². The molecule has 168 valence electrons. The van der Waals surface area contributed by atoms with E-state index in [1.807, 2.05) is 13.8 Å². The first-order valence-electron chi connectivity index (χ1n) is 11.0. The number of carbonyl (C=O) groups is 2. The van der Waals surface area contributed by atoms with Crippen molar-refractivity contribution in [1.82, 2.24) is 0 Å². The molecule has 7 atom stereocenters. The summed E-state index contributed by atoms with van der Waals surface area (Å²) in [6, 6.07) is 0. The van der Waals surface area contributed by atoms with Crippen molar-refractivity contribution in [3.8, 4) is 0 Å². The minimum absolute atomic E-state index is 0.154. The summed E-state index contributed by atoms with van der Waals surface area (Å²) in [4.78, 5) is 37.0. The maximum atomic E-state index is 12.6. The number of hydrogen-bond donors (Lipinski definition) is 0. The molecule has 2 bridgehead atoms. The molecule has 5 fully saturated rings. The van der Waals surface area contributed by atoms with Gasteiger partial charge in [0.1, 0.15) is 5.57 Å². The van der Waals surface area contributed by atoms with Gasteiger partial charge in [-0.15, -0.1) is 0 Å². The molecule has 1 unspecified atom stereocenters. The lowest BCUT2D eigenvalue weighted by molar-refractivity contribution is -0.541. The van der Waals surface area contributed by atoms with E-state index in [1.54, 1.807) is 19.9 Å². The Balaban J connectivity index is 1.77. The number of fused-ring (bicyclic) bond motifs is 2. The van der Waals surface area contributed by atoms with Crippen molar-refractivity contribution in [3.05, 3.63) is 11.6 Å². The lowest BCUT2D eigenvalue weighted by atomic mass is 9.59. The standard InChI is InChI=1S/C22H32O8/c1-6-25-17(23)14(18(24)26-7-2)12-20(4)16-9-8-13(3)15-10-11-21(5)28-19(27-20)22(15,16)30-29-21/h12-13,15-16,19H,6-11H2,1-5H3/t13-,15?,16+,19-,20-,21+,22-/m1/s1. The quantitative estimate of drug-likeness (QED) is 0.219. The Bertz CT molecular complexity index is 729. The van der Waals surface area contributed by atoms with Crippen molar-refractivity contribution in [1.29, 1.82) is 0 Å². The minimum atomic E-state index is -0.982. The third-order valence-electron chi connectivity index (χ3n) is 7.19. The summed E-state index contributed by atoms with van der Waals surface area (Å²) in [5.41, 5.74) is -1.93. The zero-order chi connectivity index (χ0) is 21.7. The molecule has 0 radical (unpaired) electrons. The molecule has 4 saturated heterocycles. The van der Waals surface area contributed by atoms with Gasteiger partial charge in [0.05, 0.1) is 18.8 Å². The molecular formula is C22H32O8. The van der Waals surface area contributed by atoms with Crippen molar-refractivity contribution in [2.45, 2.75) is 83.6 Å². The Morgan fingerprint density at radius 3 is 2.30 bits per heavy atom. The lowest BCUT2D eigenvalue weighted by Crippen LogP contribution is -2.61. The fourth-order valence-electron chi connectivity index (χ4n) is 5.79. The minimum Gasteiger partial charge on any atom is -0.462 e. The van der Waals surface area contributed by atoms with Gasteiger partial charge in [-0.3, -0.25) is 0 Å². The third-order valence-corrected chi connectivity index (χ3v) is 7.19. The van der Waals surface area contributed by atoms with Crippen LogP contribution in [0.5, 0.6) is 0 Å². The second-order valence-electron chi connectivity index (χ2n) is 9.16. The second-order valence-corrected chi connectivity index (χ2v) is 9.16. The zero-order valence-corrected chi connectivity index (χ0v) is 18.4. The van der Waals surface area contributed by atoms with Gasteiger partial charge in [-0.25, -0.2) is 19.4 Å². The number of hydrogen-bond acceptors (Lipinski definition) is 8. The van der Waals surface area contributed by atoms with Crippen molar-refractivity contribution >= 4 is 11.9 Å². The third kappa shape index (κ3) is 3.20. The Morgan fingerprint density at radius 1 is 1.00 bits per heavy atom. The normalized spacial score (nSPS) is 44.0. The zero-order valence-electron chi connectivity index (χ0n) is 18.4. The molecule has 0 aromatic rings. The largest absolute Gasteiger partial charge is 0.462 e. The van der Waals surface area contributed by atoms with Crippen molar-refractivity contribution < 1.29 is 38.3 Å². The van der Waals surface area contributed by atoms with Gasteiger partial charge in [-0.1, -0.05) is 6.92 Å². The van der Waals surface area contributed by atoms with Crippen LogP contribution in [-0.4, -0.2) is 48.4 Å². The second kappa shape index (κ2) is 7.58. The molecule has 0 N–H and O–H groups in total. The highest BCUT2D eigenvalue weighted by atomic mass is 17.3. The van der Waals surface area contributed by atoms with Gasteiger partial charge in [-0.2, -0.15) is 0 Å². The van der Waals surface area contributed by atoms with Crippen LogP contribution < -0.4 is 0 Å². The average Bonchev–Trinajstić information content (AvgIpc) is 2.78. The average molecular weight is 424 g/mol. The van der Waals surface area contributed by atoms with Crippen molar-refractivity contribution in [2.24, 2.45) is 17.8 Å². The highest BCUT2D eigenvalue weighted by Crippen LogP contribution is 2.63. The van der Waals surface area contributed by atoms with Gasteiger partial charge < -0.3 is 18.9 Å². The summed E-state index contributed by atoms with van der Waals surface area (Å²) in [6.45, 7) is 9.64. The molecule has 1 spiro atoms. The highest BCUT2D eigenvalue weighted by Gasteiger charge is 2.73. The summed E-state index contributed by atoms with van der Waals surface area (Å²) in [5.74, 6) is -1.87. The predicted molar refractivity (Wildman–Crippen MR) is 104 cm³/mol. The van der Waals surface area contributed by atoms with E-state index >= 15 is 0 Å². The van der Waals surface area contributed by atoms with Gasteiger partial charge in [0, 0.05) is 12.3 Å². The molecule has 0 aromatic heterocycles. The molecule has 0 aromatic carbocycles. The van der Waals surface area contributed by atoms with Crippen LogP contribution in [0.1, 0.15) is 60.3 Å². The fourth-order valence-corrected chi connectivity index (χ4v) is 5.79. The number of esters is 2. The predicted octanol–water partition coefficient (Wildman–Crippen LogP) is 3.04. The monoisotopic (exact) mass is 424 g/mol. The topological polar surface area (TPSA) is 89.5 Å². The summed E-state index contributed by atoms with van der Waals surface area (Å²) in [6.07, 6.45) is 4.31.